The number of hydrogen-bond donors (Lipinski definition) is 1. The standard InChI is InChI=1S/C15H14F2N2O4.C15H16F2N2O2.2CH4/c1-8(2)11-6-10(7-18-15(11)22-3)23-14-12(16)4-9(19(20)21)5-13(14)17;1-8(2)11-6-10(7-19-15(11)20-3)21-14-12(16)4-9(18)5-13(14)17;;/h4-8H,1-3H3;4-8H,18H2,1-3H3;2*1H4. The molecule has 250 valence electrons. The summed E-state index contributed by atoms with van der Waals surface area (Å²) < 4.78 is 75.8. The predicted octanol–water partition coefficient (Wildman–Crippen LogP) is 9.33. The fourth-order valence-corrected chi connectivity index (χ4v) is 3.84. The molecule has 0 saturated heterocycles. The molecule has 0 aliphatic rings. The van der Waals surface area contributed by atoms with Gasteiger partial charge in [-0.2, -0.15) is 0 Å². The van der Waals surface area contributed by atoms with E-state index in [0.717, 1.165) is 17.7 Å². The molecule has 2 aromatic heterocycles. The van der Waals surface area contributed by atoms with Gasteiger partial charge in [0.15, 0.2) is 34.8 Å². The second-order valence-corrected chi connectivity index (χ2v) is 9.86. The lowest BCUT2D eigenvalue weighted by Gasteiger charge is -2.13. The van der Waals surface area contributed by atoms with E-state index in [1.54, 1.807) is 12.1 Å². The van der Waals surface area contributed by atoms with Gasteiger partial charge in [0.1, 0.15) is 11.5 Å². The molecule has 14 heteroatoms. The Hall–Kier alpha value is -5.14. The molecule has 4 aromatic rings. The van der Waals surface area contributed by atoms with Crippen LogP contribution < -0.4 is 24.7 Å². The molecule has 0 aliphatic heterocycles. The maximum absolute atomic E-state index is 13.8. The number of methoxy groups -OCH3 is 2. The van der Waals surface area contributed by atoms with Crippen LogP contribution in [0.2, 0.25) is 0 Å². The van der Waals surface area contributed by atoms with E-state index in [-0.39, 0.29) is 43.9 Å². The Morgan fingerprint density at radius 1 is 0.696 bits per heavy atom. The number of pyridine rings is 2. The van der Waals surface area contributed by atoms with Crippen LogP contribution in [-0.4, -0.2) is 29.1 Å². The number of nitrogens with zero attached hydrogens (tertiary/aromatic N) is 3. The second-order valence-electron chi connectivity index (χ2n) is 9.86. The summed E-state index contributed by atoms with van der Waals surface area (Å²) in [5.74, 6) is -3.97. The number of nitro benzene ring substituents is 1. The van der Waals surface area contributed by atoms with E-state index in [4.69, 9.17) is 24.7 Å². The highest BCUT2D eigenvalue weighted by Gasteiger charge is 2.20. The van der Waals surface area contributed by atoms with Gasteiger partial charge in [-0.05, 0) is 24.0 Å². The van der Waals surface area contributed by atoms with Gasteiger partial charge in [0.05, 0.1) is 43.7 Å². The topological polar surface area (TPSA) is 132 Å². The number of rotatable bonds is 9. The first-order valence-corrected chi connectivity index (χ1v) is 13.1. The van der Waals surface area contributed by atoms with Crippen molar-refractivity contribution in [3.63, 3.8) is 0 Å². The summed E-state index contributed by atoms with van der Waals surface area (Å²) in [6, 6.07) is 6.39. The number of nitrogens with two attached hydrogens (primary N) is 1. The van der Waals surface area contributed by atoms with Crippen molar-refractivity contribution in [2.45, 2.75) is 54.4 Å². The third kappa shape index (κ3) is 9.43. The fourth-order valence-electron chi connectivity index (χ4n) is 3.84. The quantitative estimate of drug-likeness (QED) is 0.0814. The molecule has 0 bridgehead atoms. The molecule has 0 unspecified atom stereocenters. The number of hydrogen-bond acceptors (Lipinski definition) is 9. The Kier molecular flexibility index (Phi) is 14.2. The molecule has 0 fully saturated rings. The Bertz CT molecular complexity index is 1610. The Morgan fingerprint density at radius 3 is 1.35 bits per heavy atom. The van der Waals surface area contributed by atoms with Crippen LogP contribution >= 0.6 is 0 Å². The van der Waals surface area contributed by atoms with Crippen molar-refractivity contribution in [3.8, 4) is 34.8 Å². The maximum atomic E-state index is 13.8. The lowest BCUT2D eigenvalue weighted by atomic mass is 10.1. The molecular weight excluding hydrogens is 612 g/mol. The van der Waals surface area contributed by atoms with Crippen LogP contribution in [0.4, 0.5) is 28.9 Å². The minimum Gasteiger partial charge on any atom is -0.481 e. The third-order valence-electron chi connectivity index (χ3n) is 5.99. The second kappa shape index (κ2) is 16.8. The van der Waals surface area contributed by atoms with Gasteiger partial charge < -0.3 is 24.7 Å². The molecule has 10 nitrogen and oxygen atoms in total. The number of nitro groups is 1. The van der Waals surface area contributed by atoms with Crippen molar-refractivity contribution in [2.24, 2.45) is 0 Å². The van der Waals surface area contributed by atoms with E-state index < -0.39 is 45.4 Å². The summed E-state index contributed by atoms with van der Waals surface area (Å²) in [5, 5.41) is 10.6. The van der Waals surface area contributed by atoms with E-state index in [1.807, 2.05) is 27.7 Å². The van der Waals surface area contributed by atoms with Crippen LogP contribution in [0, 0.1) is 33.4 Å². The zero-order chi connectivity index (χ0) is 32.7. The highest BCUT2D eigenvalue weighted by atomic mass is 19.1. The summed E-state index contributed by atoms with van der Waals surface area (Å²) in [4.78, 5) is 17.8. The normalized spacial score (nSPS) is 10.3. The highest BCUT2D eigenvalue weighted by Crippen LogP contribution is 2.35. The average Bonchev–Trinajstić information content (AvgIpc) is 2.96. The van der Waals surface area contributed by atoms with Crippen molar-refractivity contribution in [1.29, 1.82) is 0 Å². The number of halogens is 4. The minimum atomic E-state index is -1.17. The summed E-state index contributed by atoms with van der Waals surface area (Å²) in [6.07, 6.45) is 2.60. The zero-order valence-electron chi connectivity index (χ0n) is 24.7. The zero-order valence-corrected chi connectivity index (χ0v) is 24.7. The summed E-state index contributed by atoms with van der Waals surface area (Å²) in [6.45, 7) is 7.70. The largest absolute Gasteiger partial charge is 0.481 e. The number of non-ortho nitro benzene ring substituents is 1. The first kappa shape index (κ1) is 38.9. The number of ether oxygens (including phenoxy) is 4. The lowest BCUT2D eigenvalue weighted by Crippen LogP contribution is -2.00. The minimum absolute atomic E-state index is 0. The van der Waals surface area contributed by atoms with Crippen LogP contribution in [0.15, 0.2) is 48.8 Å². The van der Waals surface area contributed by atoms with E-state index >= 15 is 0 Å². The molecule has 0 amide bonds. The molecule has 4 rings (SSSR count). The molecule has 2 heterocycles. The van der Waals surface area contributed by atoms with E-state index in [0.29, 0.717) is 29.5 Å². The van der Waals surface area contributed by atoms with Gasteiger partial charge in [0, 0.05) is 28.9 Å². The van der Waals surface area contributed by atoms with Gasteiger partial charge in [-0.3, -0.25) is 10.1 Å². The van der Waals surface area contributed by atoms with Gasteiger partial charge in [0.2, 0.25) is 11.8 Å². The molecule has 2 aromatic carbocycles. The molecule has 2 N–H and O–H groups in total. The summed E-state index contributed by atoms with van der Waals surface area (Å²) in [7, 11) is 2.97. The first-order valence-electron chi connectivity index (χ1n) is 13.1. The van der Waals surface area contributed by atoms with Gasteiger partial charge in [-0.1, -0.05) is 42.5 Å². The molecule has 0 atom stereocenters. The van der Waals surface area contributed by atoms with E-state index in [2.05, 4.69) is 9.97 Å². The Morgan fingerprint density at radius 2 is 1.04 bits per heavy atom. The van der Waals surface area contributed by atoms with E-state index in [1.165, 1.54) is 26.6 Å². The van der Waals surface area contributed by atoms with Crippen LogP contribution in [0.3, 0.4) is 0 Å². The van der Waals surface area contributed by atoms with Crippen molar-refractivity contribution in [2.75, 3.05) is 20.0 Å². The van der Waals surface area contributed by atoms with Gasteiger partial charge in [0.25, 0.3) is 5.69 Å². The van der Waals surface area contributed by atoms with Crippen molar-refractivity contribution in [3.05, 3.63) is 93.3 Å². The van der Waals surface area contributed by atoms with Gasteiger partial charge in [-0.25, -0.2) is 27.5 Å². The first-order chi connectivity index (χ1) is 20.7. The molecule has 0 radical (unpaired) electrons. The third-order valence-corrected chi connectivity index (χ3v) is 5.99. The predicted molar refractivity (Wildman–Crippen MR) is 167 cm³/mol. The number of anilines is 1. The molecule has 46 heavy (non-hydrogen) atoms. The van der Waals surface area contributed by atoms with Crippen molar-refractivity contribution in [1.82, 2.24) is 9.97 Å². The highest BCUT2D eigenvalue weighted by molar-refractivity contribution is 5.46. The smallest absolute Gasteiger partial charge is 0.275 e. The molecule has 0 spiro atoms. The maximum Gasteiger partial charge on any atom is 0.275 e. The van der Waals surface area contributed by atoms with Crippen molar-refractivity contribution >= 4 is 11.4 Å². The summed E-state index contributed by atoms with van der Waals surface area (Å²) in [5.41, 5.74) is 6.15. The molecule has 0 saturated carbocycles. The summed E-state index contributed by atoms with van der Waals surface area (Å²) >= 11 is 0. The van der Waals surface area contributed by atoms with E-state index in [9.17, 15) is 27.7 Å². The van der Waals surface area contributed by atoms with Crippen LogP contribution in [-0.2, 0) is 0 Å². The number of nitrogen functional groups attached to an aromatic ring is 1. The molecular formula is C32H38F4N4O6. The lowest BCUT2D eigenvalue weighted by molar-refractivity contribution is -0.385. The number of benzene rings is 2. The number of aromatic nitrogens is 2. The monoisotopic (exact) mass is 650 g/mol. The van der Waals surface area contributed by atoms with Crippen LogP contribution in [0.1, 0.15) is 65.5 Å². The van der Waals surface area contributed by atoms with Crippen LogP contribution in [0.5, 0.6) is 34.8 Å². The van der Waals surface area contributed by atoms with Gasteiger partial charge in [-0.15, -0.1) is 0 Å². The average molecular weight is 651 g/mol. The van der Waals surface area contributed by atoms with Crippen molar-refractivity contribution < 1.29 is 41.4 Å². The SMILES string of the molecule is C.C.COc1ncc(Oc2c(F)cc(N)cc2F)cc1C(C)C.COc1ncc(Oc2c(F)cc([N+](=O)[O-])cc2F)cc1C(C)C. The Labute approximate surface area is 265 Å². The Balaban J connectivity index is 0.000000442. The molecule has 0 aliphatic carbocycles. The fraction of sp³-hybridized carbons (Fsp3) is 0.312. The van der Waals surface area contributed by atoms with Crippen LogP contribution in [0.25, 0.3) is 0 Å². The van der Waals surface area contributed by atoms with Gasteiger partial charge >= 0.3 is 0 Å².